The number of benzene rings is 1. The number of anilines is 1. The van der Waals surface area contributed by atoms with Crippen molar-refractivity contribution in [1.82, 2.24) is 15.2 Å². The predicted octanol–water partition coefficient (Wildman–Crippen LogP) is 2.19. The summed E-state index contributed by atoms with van der Waals surface area (Å²) in [5.41, 5.74) is 0.511. The smallest absolute Gasteiger partial charge is 0.336 e. The summed E-state index contributed by atoms with van der Waals surface area (Å²) in [6.45, 7) is 0. The second-order valence-corrected chi connectivity index (χ2v) is 5.70. The summed E-state index contributed by atoms with van der Waals surface area (Å²) in [4.78, 5) is 30.9. The number of aliphatic hydroxyl groups is 1. The van der Waals surface area contributed by atoms with Crippen molar-refractivity contribution in [3.05, 3.63) is 71.4 Å². The van der Waals surface area contributed by atoms with Gasteiger partial charge in [0.25, 0.3) is 5.91 Å². The summed E-state index contributed by atoms with van der Waals surface area (Å²) in [7, 11) is 1.38. The minimum Gasteiger partial charge on any atom is -0.503 e. The number of nitrogens with zero attached hydrogens (tertiary/aromatic N) is 3. The Morgan fingerprint density at radius 2 is 2.04 bits per heavy atom. The lowest BCUT2D eigenvalue weighted by molar-refractivity contribution is -0.117. The van der Waals surface area contributed by atoms with Crippen LogP contribution in [-0.2, 0) is 4.79 Å². The van der Waals surface area contributed by atoms with Crippen molar-refractivity contribution in [3.8, 4) is 6.01 Å². The zero-order valence-electron chi connectivity index (χ0n) is 14.1. The summed E-state index contributed by atoms with van der Waals surface area (Å²) in [5, 5.41) is 16.9. The maximum Gasteiger partial charge on any atom is 0.336 e. The molecule has 1 aliphatic rings. The van der Waals surface area contributed by atoms with Crippen LogP contribution in [0, 0.1) is 0 Å². The summed E-state index contributed by atoms with van der Waals surface area (Å²) in [5.74, 6) is -1.98. The van der Waals surface area contributed by atoms with E-state index in [2.05, 4.69) is 15.2 Å². The standard InChI is InChI=1S/C18H14N4O5/c1-26-18-19-17(20-21-18)22-13(10-6-3-2-4-7-10)12(15(24)16(22)25)14(23)11-8-5-9-27-11/h2-9,13,24H,1H3,(H,19,20,21). The van der Waals surface area contributed by atoms with E-state index >= 15 is 0 Å². The molecule has 1 aliphatic heterocycles. The molecule has 2 aromatic heterocycles. The molecule has 3 heterocycles. The number of hydrogen-bond donors (Lipinski definition) is 2. The van der Waals surface area contributed by atoms with E-state index in [1.54, 1.807) is 36.4 Å². The van der Waals surface area contributed by atoms with Crippen LogP contribution >= 0.6 is 0 Å². The van der Waals surface area contributed by atoms with Gasteiger partial charge in [-0.2, -0.15) is 4.98 Å². The monoisotopic (exact) mass is 366 g/mol. The minimum absolute atomic E-state index is 0.0160. The zero-order chi connectivity index (χ0) is 19.0. The van der Waals surface area contributed by atoms with Crippen LogP contribution < -0.4 is 9.64 Å². The van der Waals surface area contributed by atoms with Crippen LogP contribution in [0.3, 0.4) is 0 Å². The lowest BCUT2D eigenvalue weighted by Gasteiger charge is -2.23. The summed E-state index contributed by atoms with van der Waals surface area (Å²) < 4.78 is 10.1. The number of furan rings is 1. The fraction of sp³-hybridized carbons (Fsp3) is 0.111. The molecule has 1 unspecified atom stereocenters. The van der Waals surface area contributed by atoms with Gasteiger partial charge in [0.2, 0.25) is 11.7 Å². The van der Waals surface area contributed by atoms with E-state index in [1.807, 2.05) is 0 Å². The molecule has 4 rings (SSSR count). The Hall–Kier alpha value is -3.88. The number of carbonyl (C=O) groups is 2. The number of methoxy groups -OCH3 is 1. The summed E-state index contributed by atoms with van der Waals surface area (Å²) >= 11 is 0. The topological polar surface area (TPSA) is 122 Å². The highest BCUT2D eigenvalue weighted by atomic mass is 16.5. The number of Topliss-reactive ketones (excluding diaryl/α,β-unsaturated/α-hetero) is 1. The number of rotatable bonds is 5. The highest BCUT2D eigenvalue weighted by Gasteiger charge is 2.46. The van der Waals surface area contributed by atoms with Crippen molar-refractivity contribution >= 4 is 17.6 Å². The third-order valence-corrected chi connectivity index (χ3v) is 4.18. The second-order valence-electron chi connectivity index (χ2n) is 5.70. The molecule has 0 bridgehead atoms. The molecular weight excluding hydrogens is 352 g/mol. The van der Waals surface area contributed by atoms with Gasteiger partial charge in [-0.1, -0.05) is 30.3 Å². The summed E-state index contributed by atoms with van der Waals surface area (Å²) in [6.07, 6.45) is 1.35. The third-order valence-electron chi connectivity index (χ3n) is 4.18. The first kappa shape index (κ1) is 16.6. The van der Waals surface area contributed by atoms with Gasteiger partial charge in [-0.3, -0.25) is 14.5 Å². The largest absolute Gasteiger partial charge is 0.503 e. The fourth-order valence-corrected chi connectivity index (χ4v) is 2.98. The summed E-state index contributed by atoms with van der Waals surface area (Å²) in [6, 6.07) is 11.0. The number of carbonyl (C=O) groups excluding carboxylic acids is 2. The van der Waals surface area contributed by atoms with Gasteiger partial charge in [-0.15, -0.1) is 5.10 Å². The Bertz CT molecular complexity index is 1020. The Morgan fingerprint density at radius 3 is 2.67 bits per heavy atom. The van der Waals surface area contributed by atoms with Crippen molar-refractivity contribution in [2.75, 3.05) is 12.0 Å². The first-order valence-electron chi connectivity index (χ1n) is 7.98. The minimum atomic E-state index is -0.908. The third kappa shape index (κ3) is 2.65. The number of amides is 1. The molecule has 0 saturated heterocycles. The highest BCUT2D eigenvalue weighted by Crippen LogP contribution is 2.40. The van der Waals surface area contributed by atoms with E-state index in [-0.39, 0.29) is 23.3 Å². The molecule has 1 amide bonds. The van der Waals surface area contributed by atoms with E-state index in [9.17, 15) is 14.7 Å². The second kappa shape index (κ2) is 6.45. The van der Waals surface area contributed by atoms with Gasteiger partial charge in [-0.25, -0.2) is 5.10 Å². The average Bonchev–Trinajstić information content (AvgIpc) is 3.43. The van der Waals surface area contributed by atoms with Crippen molar-refractivity contribution in [2.24, 2.45) is 0 Å². The van der Waals surface area contributed by atoms with Crippen LogP contribution in [-0.4, -0.2) is 39.1 Å². The van der Waals surface area contributed by atoms with E-state index in [0.717, 1.165) is 4.90 Å². The molecule has 0 radical (unpaired) electrons. The lowest BCUT2D eigenvalue weighted by atomic mass is 9.95. The molecule has 27 heavy (non-hydrogen) atoms. The van der Waals surface area contributed by atoms with Crippen LogP contribution in [0.1, 0.15) is 22.2 Å². The Morgan fingerprint density at radius 1 is 1.26 bits per heavy atom. The van der Waals surface area contributed by atoms with E-state index in [0.29, 0.717) is 5.56 Å². The van der Waals surface area contributed by atoms with Crippen molar-refractivity contribution in [2.45, 2.75) is 6.04 Å². The van der Waals surface area contributed by atoms with Crippen LogP contribution in [0.15, 0.2) is 64.5 Å². The van der Waals surface area contributed by atoms with Crippen molar-refractivity contribution in [3.63, 3.8) is 0 Å². The number of ether oxygens (including phenoxy) is 1. The van der Waals surface area contributed by atoms with Gasteiger partial charge in [0.1, 0.15) is 0 Å². The number of aliphatic hydroxyl groups excluding tert-OH is 1. The molecule has 0 fully saturated rings. The molecule has 2 N–H and O–H groups in total. The molecule has 9 nitrogen and oxygen atoms in total. The Labute approximate surface area is 152 Å². The SMILES string of the molecule is COc1n[nH]c(N2C(=O)C(O)=C(C(=O)c3ccco3)C2c2ccccc2)n1. The Balaban J connectivity index is 1.86. The lowest BCUT2D eigenvalue weighted by Crippen LogP contribution is -2.32. The number of ketones is 1. The first-order chi connectivity index (χ1) is 13.1. The zero-order valence-corrected chi connectivity index (χ0v) is 14.1. The Kier molecular flexibility index (Phi) is 3.96. The maximum atomic E-state index is 12.9. The molecular formula is C18H14N4O5. The average molecular weight is 366 g/mol. The fourth-order valence-electron chi connectivity index (χ4n) is 2.98. The molecule has 9 heteroatoms. The van der Waals surface area contributed by atoms with E-state index < -0.39 is 23.5 Å². The highest BCUT2D eigenvalue weighted by molar-refractivity contribution is 6.19. The number of H-pyrrole nitrogens is 1. The normalized spacial score (nSPS) is 16.9. The van der Waals surface area contributed by atoms with Crippen LogP contribution in [0.4, 0.5) is 5.95 Å². The van der Waals surface area contributed by atoms with Gasteiger partial charge in [0.05, 0.1) is 25.0 Å². The molecule has 3 aromatic rings. The van der Waals surface area contributed by atoms with Crippen LogP contribution in [0.2, 0.25) is 0 Å². The number of hydrogen-bond acceptors (Lipinski definition) is 7. The number of aromatic amines is 1. The van der Waals surface area contributed by atoms with Gasteiger partial charge < -0.3 is 14.3 Å². The van der Waals surface area contributed by atoms with Gasteiger partial charge in [0.15, 0.2) is 11.5 Å². The van der Waals surface area contributed by atoms with Gasteiger partial charge in [0, 0.05) is 0 Å². The number of nitrogens with one attached hydrogen (secondary N) is 1. The molecule has 0 saturated carbocycles. The van der Waals surface area contributed by atoms with Gasteiger partial charge >= 0.3 is 6.01 Å². The molecule has 0 spiro atoms. The number of aromatic nitrogens is 3. The molecule has 1 atom stereocenters. The van der Waals surface area contributed by atoms with Crippen molar-refractivity contribution < 1.29 is 23.8 Å². The van der Waals surface area contributed by atoms with Crippen molar-refractivity contribution in [1.29, 1.82) is 0 Å². The quantitative estimate of drug-likeness (QED) is 0.664. The van der Waals surface area contributed by atoms with Crippen LogP contribution in [0.25, 0.3) is 0 Å². The molecule has 136 valence electrons. The predicted molar refractivity (Wildman–Crippen MR) is 92.3 cm³/mol. The maximum absolute atomic E-state index is 12.9. The first-order valence-corrected chi connectivity index (χ1v) is 7.98. The molecule has 0 aliphatic carbocycles. The van der Waals surface area contributed by atoms with Crippen LogP contribution in [0.5, 0.6) is 6.01 Å². The van der Waals surface area contributed by atoms with E-state index in [4.69, 9.17) is 9.15 Å². The molecule has 1 aromatic carbocycles. The van der Waals surface area contributed by atoms with E-state index in [1.165, 1.54) is 19.4 Å². The van der Waals surface area contributed by atoms with Gasteiger partial charge in [-0.05, 0) is 17.7 Å².